The maximum Gasteiger partial charge on any atom is 0.339 e. The van der Waals surface area contributed by atoms with Crippen LogP contribution in [0.5, 0.6) is 0 Å². The minimum Gasteiger partial charge on any atom is -0.462 e. The van der Waals surface area contributed by atoms with Crippen molar-refractivity contribution in [1.29, 1.82) is 0 Å². The molecule has 2 unspecified atom stereocenters. The number of hydrogen-bond acceptors (Lipinski definition) is 6. The zero-order valence-corrected chi connectivity index (χ0v) is 20.7. The zero-order chi connectivity index (χ0) is 25.0. The van der Waals surface area contributed by atoms with Crippen LogP contribution < -0.4 is 0 Å². The number of carbonyl (C=O) groups is 2. The Labute approximate surface area is 206 Å². The molecule has 0 radical (unpaired) electrons. The molecule has 0 saturated carbocycles. The molecular formula is C29H32O6. The lowest BCUT2D eigenvalue weighted by molar-refractivity contribution is -0.152. The first-order valence-corrected chi connectivity index (χ1v) is 12.0. The molecule has 0 amide bonds. The summed E-state index contributed by atoms with van der Waals surface area (Å²) in [4.78, 5) is 25.7. The second-order valence-corrected chi connectivity index (χ2v) is 9.41. The summed E-state index contributed by atoms with van der Waals surface area (Å²) in [6.07, 6.45) is 7.03. The predicted octanol–water partition coefficient (Wildman–Crippen LogP) is 5.57. The van der Waals surface area contributed by atoms with Gasteiger partial charge in [-0.05, 0) is 69.9 Å². The molecule has 2 aromatic carbocycles. The Kier molecular flexibility index (Phi) is 7.53. The summed E-state index contributed by atoms with van der Waals surface area (Å²) in [5, 5.41) is 0. The Morgan fingerprint density at radius 1 is 1.06 bits per heavy atom. The van der Waals surface area contributed by atoms with Gasteiger partial charge >= 0.3 is 11.9 Å². The van der Waals surface area contributed by atoms with Crippen molar-refractivity contribution in [2.75, 3.05) is 6.61 Å². The lowest BCUT2D eigenvalue weighted by atomic mass is 9.97. The minimum atomic E-state index is -0.827. The molecule has 0 spiro atoms. The van der Waals surface area contributed by atoms with Crippen molar-refractivity contribution in [2.45, 2.75) is 64.6 Å². The van der Waals surface area contributed by atoms with Crippen LogP contribution in [0.3, 0.4) is 0 Å². The number of benzene rings is 2. The lowest BCUT2D eigenvalue weighted by Crippen LogP contribution is -2.37. The highest BCUT2D eigenvalue weighted by Gasteiger charge is 2.45. The van der Waals surface area contributed by atoms with Crippen molar-refractivity contribution in [3.05, 3.63) is 88.5 Å². The van der Waals surface area contributed by atoms with Crippen LogP contribution in [0.15, 0.2) is 60.7 Å². The predicted molar refractivity (Wildman–Crippen MR) is 133 cm³/mol. The van der Waals surface area contributed by atoms with Gasteiger partial charge in [-0.1, -0.05) is 54.1 Å². The SMILES string of the molecule is Cc1cc(C)c2c(c1)/C=C/C[C@@H]1OC(C)(C)OC1C(OC(=O)c1ccccc1)/C=C\CCOC2=O. The van der Waals surface area contributed by atoms with E-state index in [1.807, 2.05) is 64.1 Å². The van der Waals surface area contributed by atoms with Crippen LogP contribution in [-0.4, -0.2) is 42.6 Å². The normalized spacial score (nSPS) is 25.9. The minimum absolute atomic E-state index is 0.210. The third-order valence-corrected chi connectivity index (χ3v) is 6.02. The average molecular weight is 477 g/mol. The molecule has 0 N–H and O–H groups in total. The van der Waals surface area contributed by atoms with E-state index in [0.29, 0.717) is 24.0 Å². The van der Waals surface area contributed by atoms with Crippen LogP contribution in [0.4, 0.5) is 0 Å². The monoisotopic (exact) mass is 476 g/mol. The van der Waals surface area contributed by atoms with Gasteiger partial charge in [0.2, 0.25) is 0 Å². The van der Waals surface area contributed by atoms with E-state index in [4.69, 9.17) is 18.9 Å². The number of esters is 2. The molecular weight excluding hydrogens is 444 g/mol. The standard InChI is InChI=1S/C29H32O6/c1-19-17-20(2)25-22(18-19)13-10-15-24-26(35-29(3,4)34-24)23(14-8-9-16-32-28(25)31)33-27(30)21-11-6-5-7-12-21/h5-8,10-14,17-18,23-24,26H,9,15-16H2,1-4H3/b13-10+,14-8-/t23?,24-,26?/m0/s1. The lowest BCUT2D eigenvalue weighted by Gasteiger charge is -2.24. The average Bonchev–Trinajstić information content (AvgIpc) is 3.11. The molecule has 6 heteroatoms. The van der Waals surface area contributed by atoms with Crippen molar-refractivity contribution in [2.24, 2.45) is 0 Å². The fourth-order valence-electron chi connectivity index (χ4n) is 4.57. The second-order valence-electron chi connectivity index (χ2n) is 9.41. The van der Waals surface area contributed by atoms with Crippen molar-refractivity contribution in [1.82, 2.24) is 0 Å². The van der Waals surface area contributed by atoms with Gasteiger partial charge in [0.05, 0.1) is 23.8 Å². The highest BCUT2D eigenvalue weighted by atomic mass is 16.8. The first kappa shape index (κ1) is 24.9. The van der Waals surface area contributed by atoms with Crippen molar-refractivity contribution < 1.29 is 28.5 Å². The summed E-state index contributed by atoms with van der Waals surface area (Å²) in [6.45, 7) is 7.84. The molecule has 2 aliphatic heterocycles. The van der Waals surface area contributed by atoms with Crippen LogP contribution in [0.25, 0.3) is 6.08 Å². The van der Waals surface area contributed by atoms with E-state index in [1.165, 1.54) is 0 Å². The van der Waals surface area contributed by atoms with E-state index >= 15 is 0 Å². The van der Waals surface area contributed by atoms with Gasteiger partial charge in [0, 0.05) is 0 Å². The largest absolute Gasteiger partial charge is 0.462 e. The second kappa shape index (κ2) is 10.6. The molecule has 3 atom stereocenters. The van der Waals surface area contributed by atoms with E-state index < -0.39 is 24.0 Å². The third kappa shape index (κ3) is 6.08. The molecule has 1 fully saturated rings. The number of rotatable bonds is 2. The first-order valence-electron chi connectivity index (χ1n) is 12.0. The van der Waals surface area contributed by atoms with Crippen LogP contribution >= 0.6 is 0 Å². The molecule has 0 aliphatic carbocycles. The molecule has 2 heterocycles. The van der Waals surface area contributed by atoms with Crippen LogP contribution in [-0.2, 0) is 18.9 Å². The van der Waals surface area contributed by atoms with E-state index in [0.717, 1.165) is 16.7 Å². The molecule has 6 nitrogen and oxygen atoms in total. The topological polar surface area (TPSA) is 71.1 Å². The summed E-state index contributed by atoms with van der Waals surface area (Å²) >= 11 is 0. The summed E-state index contributed by atoms with van der Waals surface area (Å²) in [5.41, 5.74) is 3.79. The number of cyclic esters (lactones) is 1. The Morgan fingerprint density at radius 2 is 1.83 bits per heavy atom. The molecule has 2 aromatic rings. The fraction of sp³-hybridized carbons (Fsp3) is 0.379. The van der Waals surface area contributed by atoms with Crippen molar-refractivity contribution in [3.63, 3.8) is 0 Å². The molecule has 1 saturated heterocycles. The molecule has 184 valence electrons. The smallest absolute Gasteiger partial charge is 0.339 e. The number of hydrogen-bond donors (Lipinski definition) is 0. The van der Waals surface area contributed by atoms with Crippen molar-refractivity contribution >= 4 is 18.0 Å². The number of fused-ring (bicyclic) bond motifs is 2. The van der Waals surface area contributed by atoms with E-state index in [9.17, 15) is 9.59 Å². The quantitative estimate of drug-likeness (QED) is 0.417. The Balaban J connectivity index is 1.65. The summed E-state index contributed by atoms with van der Waals surface area (Å²) in [7, 11) is 0. The van der Waals surface area contributed by atoms with Gasteiger partial charge in [-0.15, -0.1) is 0 Å². The Bertz CT molecular complexity index is 1130. The van der Waals surface area contributed by atoms with Gasteiger partial charge in [-0.2, -0.15) is 0 Å². The summed E-state index contributed by atoms with van der Waals surface area (Å²) in [5.74, 6) is -1.61. The highest BCUT2D eigenvalue weighted by Crippen LogP contribution is 2.34. The van der Waals surface area contributed by atoms with Gasteiger partial charge in [-0.3, -0.25) is 0 Å². The van der Waals surface area contributed by atoms with Crippen LogP contribution in [0.2, 0.25) is 0 Å². The molecule has 35 heavy (non-hydrogen) atoms. The number of aryl methyl sites for hydroxylation is 2. The zero-order valence-electron chi connectivity index (χ0n) is 20.7. The van der Waals surface area contributed by atoms with Gasteiger partial charge in [0.15, 0.2) is 5.79 Å². The summed E-state index contributed by atoms with van der Waals surface area (Å²) in [6, 6.07) is 12.8. The first-order chi connectivity index (χ1) is 16.7. The van der Waals surface area contributed by atoms with E-state index in [1.54, 1.807) is 30.3 Å². The summed E-state index contributed by atoms with van der Waals surface area (Å²) < 4.78 is 23.9. The van der Waals surface area contributed by atoms with Crippen LogP contribution in [0, 0.1) is 13.8 Å². The van der Waals surface area contributed by atoms with Gasteiger partial charge < -0.3 is 18.9 Å². The Morgan fingerprint density at radius 3 is 2.60 bits per heavy atom. The Hall–Kier alpha value is -3.22. The maximum absolute atomic E-state index is 12.8. The molecule has 4 rings (SSSR count). The van der Waals surface area contributed by atoms with Gasteiger partial charge in [0.1, 0.15) is 12.2 Å². The number of ether oxygens (including phenoxy) is 4. The van der Waals surface area contributed by atoms with Crippen LogP contribution in [0.1, 0.15) is 64.1 Å². The number of carbonyl (C=O) groups excluding carboxylic acids is 2. The molecule has 2 aliphatic rings. The third-order valence-electron chi connectivity index (χ3n) is 6.02. The van der Waals surface area contributed by atoms with Gasteiger partial charge in [0.25, 0.3) is 0 Å². The molecule has 0 bridgehead atoms. The van der Waals surface area contributed by atoms with Gasteiger partial charge in [-0.25, -0.2) is 9.59 Å². The van der Waals surface area contributed by atoms with E-state index in [-0.39, 0.29) is 18.7 Å². The van der Waals surface area contributed by atoms with Crippen molar-refractivity contribution in [3.8, 4) is 0 Å². The molecule has 0 aromatic heterocycles. The van der Waals surface area contributed by atoms with E-state index in [2.05, 4.69) is 0 Å². The maximum atomic E-state index is 12.8. The fourth-order valence-corrected chi connectivity index (χ4v) is 4.57. The highest BCUT2D eigenvalue weighted by molar-refractivity contribution is 5.95.